The fourth-order valence-corrected chi connectivity index (χ4v) is 3.78. The molecule has 0 aromatic carbocycles. The molecule has 1 nitrogen and oxygen atoms in total. The van der Waals surface area contributed by atoms with E-state index in [9.17, 15) is 0 Å². The second-order valence-electron chi connectivity index (χ2n) is 4.05. The van der Waals surface area contributed by atoms with Crippen LogP contribution in [0.1, 0.15) is 32.6 Å². The molecule has 0 radical (unpaired) electrons. The highest BCUT2D eigenvalue weighted by Gasteiger charge is 2.25. The molecule has 1 fully saturated rings. The van der Waals surface area contributed by atoms with Gasteiger partial charge in [0.05, 0.1) is 0 Å². The van der Waals surface area contributed by atoms with Gasteiger partial charge in [0.2, 0.25) is 0 Å². The molecular formula is C11H22BrNS. The minimum Gasteiger partial charge on any atom is -0.301 e. The predicted molar refractivity (Wildman–Crippen MR) is 70.6 cm³/mol. The van der Waals surface area contributed by atoms with Crippen molar-refractivity contribution >= 4 is 27.7 Å². The number of thioether (sulfide) groups is 1. The molecule has 0 aliphatic heterocycles. The summed E-state index contributed by atoms with van der Waals surface area (Å²) in [5, 5.41) is 0. The van der Waals surface area contributed by atoms with E-state index in [0.29, 0.717) is 0 Å². The summed E-state index contributed by atoms with van der Waals surface area (Å²) in [7, 11) is 2.28. The smallest absolute Gasteiger partial charge is 0.0301 e. The van der Waals surface area contributed by atoms with Gasteiger partial charge in [0, 0.05) is 23.2 Å². The molecule has 0 saturated heterocycles. The standard InChI is InChI=1S/C11H22BrNS/c1-3-14-9-8-13(2)11-7-5-4-6-10(11)12/h10-11H,3-9H2,1-2H3. The molecular weight excluding hydrogens is 258 g/mol. The third kappa shape index (κ3) is 4.11. The van der Waals surface area contributed by atoms with E-state index < -0.39 is 0 Å². The van der Waals surface area contributed by atoms with E-state index in [4.69, 9.17) is 0 Å². The maximum absolute atomic E-state index is 3.82. The number of hydrogen-bond donors (Lipinski definition) is 0. The van der Waals surface area contributed by atoms with Gasteiger partial charge in [-0.1, -0.05) is 35.7 Å². The molecule has 1 saturated carbocycles. The van der Waals surface area contributed by atoms with Crippen molar-refractivity contribution in [3.05, 3.63) is 0 Å². The van der Waals surface area contributed by atoms with Crippen LogP contribution in [0.2, 0.25) is 0 Å². The van der Waals surface area contributed by atoms with E-state index in [1.54, 1.807) is 0 Å². The average molecular weight is 280 g/mol. The summed E-state index contributed by atoms with van der Waals surface area (Å²) >= 11 is 5.86. The second kappa shape index (κ2) is 7.13. The Kier molecular flexibility index (Phi) is 6.55. The van der Waals surface area contributed by atoms with Crippen LogP contribution >= 0.6 is 27.7 Å². The van der Waals surface area contributed by atoms with Gasteiger partial charge in [-0.25, -0.2) is 0 Å². The van der Waals surface area contributed by atoms with Crippen LogP contribution in [-0.2, 0) is 0 Å². The van der Waals surface area contributed by atoms with Crippen LogP contribution in [0.4, 0.5) is 0 Å². The largest absolute Gasteiger partial charge is 0.301 e. The topological polar surface area (TPSA) is 3.24 Å². The summed E-state index contributed by atoms with van der Waals surface area (Å²) in [4.78, 5) is 3.27. The number of alkyl halides is 1. The summed E-state index contributed by atoms with van der Waals surface area (Å²) in [6.07, 6.45) is 5.56. The van der Waals surface area contributed by atoms with Gasteiger partial charge < -0.3 is 4.90 Å². The van der Waals surface area contributed by atoms with Crippen LogP contribution in [0.5, 0.6) is 0 Å². The third-order valence-corrected chi connectivity index (χ3v) is 4.95. The van der Waals surface area contributed by atoms with Crippen molar-refractivity contribution in [2.24, 2.45) is 0 Å². The van der Waals surface area contributed by atoms with E-state index >= 15 is 0 Å². The molecule has 2 unspecified atom stereocenters. The summed E-state index contributed by atoms with van der Waals surface area (Å²) in [6.45, 7) is 3.48. The SMILES string of the molecule is CCSCCN(C)C1CCCCC1Br. The first-order valence-electron chi connectivity index (χ1n) is 5.67. The molecule has 0 aromatic rings. The lowest BCUT2D eigenvalue weighted by Gasteiger charge is -2.35. The molecule has 14 heavy (non-hydrogen) atoms. The molecule has 0 heterocycles. The minimum absolute atomic E-state index is 0.730. The van der Waals surface area contributed by atoms with Crippen LogP contribution in [0.25, 0.3) is 0 Å². The van der Waals surface area contributed by atoms with E-state index in [-0.39, 0.29) is 0 Å². The van der Waals surface area contributed by atoms with Gasteiger partial charge in [0.15, 0.2) is 0 Å². The maximum Gasteiger partial charge on any atom is 0.0301 e. The number of hydrogen-bond acceptors (Lipinski definition) is 2. The Morgan fingerprint density at radius 3 is 2.71 bits per heavy atom. The third-order valence-electron chi connectivity index (χ3n) is 3.01. The van der Waals surface area contributed by atoms with Crippen LogP contribution in [0.15, 0.2) is 0 Å². The molecule has 1 aliphatic rings. The van der Waals surface area contributed by atoms with Crippen molar-refractivity contribution in [2.45, 2.75) is 43.5 Å². The van der Waals surface area contributed by atoms with Crippen molar-refractivity contribution in [1.29, 1.82) is 0 Å². The fourth-order valence-electron chi connectivity index (χ4n) is 2.08. The molecule has 84 valence electrons. The zero-order chi connectivity index (χ0) is 10.4. The number of halogens is 1. The van der Waals surface area contributed by atoms with Crippen molar-refractivity contribution in [3.63, 3.8) is 0 Å². The van der Waals surface area contributed by atoms with Gasteiger partial charge in [-0.15, -0.1) is 0 Å². The summed E-state index contributed by atoms with van der Waals surface area (Å²) in [5.74, 6) is 2.53. The summed E-state index contributed by atoms with van der Waals surface area (Å²) in [5.41, 5.74) is 0. The Balaban J connectivity index is 2.23. The predicted octanol–water partition coefficient (Wildman–Crippen LogP) is 3.38. The van der Waals surface area contributed by atoms with Gasteiger partial charge in [-0.05, 0) is 25.6 Å². The average Bonchev–Trinajstić information content (AvgIpc) is 2.18. The van der Waals surface area contributed by atoms with Crippen LogP contribution < -0.4 is 0 Å². The summed E-state index contributed by atoms with van der Waals surface area (Å²) in [6, 6.07) is 0.779. The molecule has 0 aromatic heterocycles. The van der Waals surface area contributed by atoms with Crippen LogP contribution in [-0.4, -0.2) is 40.9 Å². The van der Waals surface area contributed by atoms with E-state index in [1.165, 1.54) is 43.7 Å². The van der Waals surface area contributed by atoms with Gasteiger partial charge in [-0.2, -0.15) is 11.8 Å². The lowest BCUT2D eigenvalue weighted by Crippen LogP contribution is -2.41. The van der Waals surface area contributed by atoms with Crippen molar-refractivity contribution in [2.75, 3.05) is 25.1 Å². The molecule has 2 atom stereocenters. The zero-order valence-corrected chi connectivity index (χ0v) is 11.7. The molecule has 3 heteroatoms. The molecule has 0 spiro atoms. The highest BCUT2D eigenvalue weighted by molar-refractivity contribution is 9.09. The van der Waals surface area contributed by atoms with Gasteiger partial charge >= 0.3 is 0 Å². The molecule has 0 bridgehead atoms. The number of nitrogens with zero attached hydrogens (tertiary/aromatic N) is 1. The van der Waals surface area contributed by atoms with E-state index in [2.05, 4.69) is 34.8 Å². The number of rotatable bonds is 5. The Hall–Kier alpha value is 0.790. The summed E-state index contributed by atoms with van der Waals surface area (Å²) < 4.78 is 0. The Labute approximate surface area is 101 Å². The first kappa shape index (κ1) is 12.9. The lowest BCUT2D eigenvalue weighted by atomic mass is 9.94. The lowest BCUT2D eigenvalue weighted by molar-refractivity contribution is 0.211. The first-order chi connectivity index (χ1) is 6.75. The van der Waals surface area contributed by atoms with Crippen molar-refractivity contribution in [3.8, 4) is 0 Å². The second-order valence-corrected chi connectivity index (χ2v) is 6.62. The zero-order valence-electron chi connectivity index (χ0n) is 9.34. The maximum atomic E-state index is 3.82. The molecule has 1 rings (SSSR count). The van der Waals surface area contributed by atoms with Gasteiger partial charge in [0.25, 0.3) is 0 Å². The van der Waals surface area contributed by atoms with E-state index in [1.807, 2.05) is 11.8 Å². The van der Waals surface area contributed by atoms with Crippen LogP contribution in [0.3, 0.4) is 0 Å². The van der Waals surface area contributed by atoms with Crippen molar-refractivity contribution in [1.82, 2.24) is 4.90 Å². The minimum atomic E-state index is 0.730. The molecule has 0 amide bonds. The Bertz CT molecular complexity index is 154. The van der Waals surface area contributed by atoms with Crippen LogP contribution in [0, 0.1) is 0 Å². The normalized spacial score (nSPS) is 28.3. The fraction of sp³-hybridized carbons (Fsp3) is 1.00. The van der Waals surface area contributed by atoms with Crippen molar-refractivity contribution < 1.29 is 0 Å². The highest BCUT2D eigenvalue weighted by atomic mass is 79.9. The van der Waals surface area contributed by atoms with Gasteiger partial charge in [-0.3, -0.25) is 0 Å². The van der Waals surface area contributed by atoms with E-state index in [0.717, 1.165) is 10.9 Å². The Morgan fingerprint density at radius 2 is 2.07 bits per heavy atom. The molecule has 0 N–H and O–H groups in total. The first-order valence-corrected chi connectivity index (χ1v) is 7.74. The monoisotopic (exact) mass is 279 g/mol. The highest BCUT2D eigenvalue weighted by Crippen LogP contribution is 2.27. The molecule has 1 aliphatic carbocycles. The quantitative estimate of drug-likeness (QED) is 0.561. The Morgan fingerprint density at radius 1 is 1.36 bits per heavy atom. The van der Waals surface area contributed by atoms with Gasteiger partial charge in [0.1, 0.15) is 0 Å².